The number of carbonyl (C=O) groups is 7. The van der Waals surface area contributed by atoms with Gasteiger partial charge in [0.1, 0.15) is 36.3 Å². The van der Waals surface area contributed by atoms with Crippen molar-refractivity contribution < 1.29 is 74.4 Å². The summed E-state index contributed by atoms with van der Waals surface area (Å²) in [6, 6.07) is 8.01. The van der Waals surface area contributed by atoms with E-state index in [0.29, 0.717) is 6.04 Å². The standard InChI is InChI=1S/C58H80N10O15.3ClH/c1-31-29-68-50(51(31)76)56(81)60-28-39(70)26-41(61-52(77)36-11-9-34(10-12-36)35-13-15-38(16-14-35)66-22-20-65(21-23-66)37-6-4-3-5-7-37)53(78)62-47(32(2)69)57(82)67-30-40(71)27-42(67)54(79)63-48(46(75)25-33-8-17-43(72)45(74)24-33)55(80)64-49(58(68)83)44(73)18-19-59;;;/h8-17,24,31-32,37,39-42,44,46-51,69-76H,3-7,18-23,25-30,59H2,1-2H3,(H,60,81)(H,61,77)(H,62,78)(H,63,79)(H,64,80);3*1H/t31-,32+,39+,40+,41+,42+,44-,46-,47+,48+,49+,50+,51+;;;/m1.../s1. The summed E-state index contributed by atoms with van der Waals surface area (Å²) in [6.45, 7) is 4.95. The third kappa shape index (κ3) is 16.9. The number of benzene rings is 3. The minimum atomic E-state index is -2.05. The van der Waals surface area contributed by atoms with E-state index in [2.05, 4.69) is 48.5 Å². The number of rotatable bonds is 12. The lowest BCUT2D eigenvalue weighted by Gasteiger charge is -2.41. The number of anilines is 1. The monoisotopic (exact) mass is 1260 g/mol. The molecule has 0 spiro atoms. The number of β-amino-alcohol motifs (C(OH)–C–C–N with tert-alkyl or cyclic N) is 1. The van der Waals surface area contributed by atoms with Crippen LogP contribution in [0.5, 0.6) is 11.5 Å². The molecule has 0 aromatic heterocycles. The molecule has 4 saturated heterocycles. The van der Waals surface area contributed by atoms with E-state index in [1.165, 1.54) is 45.1 Å². The van der Waals surface area contributed by atoms with Gasteiger partial charge in [-0.3, -0.25) is 38.5 Å². The summed E-state index contributed by atoms with van der Waals surface area (Å²) in [6.07, 6.45) is -5.36. The van der Waals surface area contributed by atoms with E-state index in [0.717, 1.165) is 71.8 Å². The first-order valence-electron chi connectivity index (χ1n) is 28.7. The Morgan fingerprint density at radius 2 is 1.28 bits per heavy atom. The number of nitrogens with one attached hydrogen (secondary N) is 5. The Hall–Kier alpha value is -6.10. The Kier molecular flexibility index (Phi) is 26.0. The predicted molar refractivity (Wildman–Crippen MR) is 323 cm³/mol. The highest BCUT2D eigenvalue weighted by Crippen LogP contribution is 2.30. The predicted octanol–water partition coefficient (Wildman–Crippen LogP) is -1.22. The van der Waals surface area contributed by atoms with Crippen LogP contribution in [0.4, 0.5) is 5.69 Å². The van der Waals surface area contributed by atoms with Gasteiger partial charge in [-0.2, -0.15) is 0 Å². The van der Waals surface area contributed by atoms with Gasteiger partial charge in [-0.1, -0.05) is 56.5 Å². The second-order valence-corrected chi connectivity index (χ2v) is 22.8. The Morgan fingerprint density at radius 1 is 0.674 bits per heavy atom. The number of fused-ring (bicyclic) bond motifs is 2. The number of piperazine rings is 1. The average molecular weight is 1270 g/mol. The van der Waals surface area contributed by atoms with Gasteiger partial charge in [0.05, 0.1) is 36.6 Å². The van der Waals surface area contributed by atoms with Gasteiger partial charge in [-0.25, -0.2) is 0 Å². The van der Waals surface area contributed by atoms with Crippen LogP contribution in [0.25, 0.3) is 11.1 Å². The van der Waals surface area contributed by atoms with Gasteiger partial charge < -0.3 is 87.9 Å². The van der Waals surface area contributed by atoms with E-state index in [9.17, 15) is 74.4 Å². The van der Waals surface area contributed by atoms with Gasteiger partial charge in [0.2, 0.25) is 35.4 Å². The summed E-state index contributed by atoms with van der Waals surface area (Å²) in [5, 5.41) is 100. The fourth-order valence-corrected chi connectivity index (χ4v) is 12.0. The molecule has 8 rings (SSSR count). The van der Waals surface area contributed by atoms with E-state index in [4.69, 9.17) is 5.73 Å². The summed E-state index contributed by atoms with van der Waals surface area (Å²) < 4.78 is 0. The third-order valence-electron chi connectivity index (χ3n) is 16.8. The van der Waals surface area contributed by atoms with Crippen molar-refractivity contribution in [3.05, 3.63) is 77.9 Å². The molecule has 7 amide bonds. The maximum absolute atomic E-state index is 14.6. The molecular formula is C58H83Cl3N10O15. The number of hydrogen-bond donors (Lipinski definition) is 14. The van der Waals surface area contributed by atoms with E-state index in [1.807, 2.05) is 12.1 Å². The normalized spacial score (nSPS) is 27.8. The summed E-state index contributed by atoms with van der Waals surface area (Å²) in [4.78, 5) is 107. The van der Waals surface area contributed by atoms with Crippen LogP contribution in [-0.2, 0) is 35.2 Å². The first-order chi connectivity index (χ1) is 39.6. The molecule has 3 aromatic carbocycles. The molecule has 25 nitrogen and oxygen atoms in total. The minimum Gasteiger partial charge on any atom is -0.504 e. The molecular weight excluding hydrogens is 1180 g/mol. The summed E-state index contributed by atoms with van der Waals surface area (Å²) >= 11 is 0. The molecule has 28 heteroatoms. The Labute approximate surface area is 517 Å². The number of aromatic hydroxyl groups is 2. The van der Waals surface area contributed by atoms with Crippen LogP contribution >= 0.6 is 37.2 Å². The van der Waals surface area contributed by atoms with Gasteiger partial charge in [-0.15, -0.1) is 37.2 Å². The minimum absolute atomic E-state index is 0. The number of phenolic OH excluding ortho intramolecular Hbond substituents is 2. The number of carbonyl (C=O) groups excluding carboxylic acids is 7. The van der Waals surface area contributed by atoms with E-state index >= 15 is 0 Å². The van der Waals surface area contributed by atoms with Gasteiger partial charge in [0.15, 0.2) is 11.5 Å². The van der Waals surface area contributed by atoms with Crippen LogP contribution in [-0.4, -0.2) is 228 Å². The van der Waals surface area contributed by atoms with Crippen molar-refractivity contribution in [3.63, 3.8) is 0 Å². The largest absolute Gasteiger partial charge is 0.504 e. The van der Waals surface area contributed by atoms with Crippen LogP contribution in [0.2, 0.25) is 0 Å². The first kappa shape index (κ1) is 70.7. The number of phenols is 2. The number of nitrogens with zero attached hydrogens (tertiary/aromatic N) is 4. The second-order valence-electron chi connectivity index (χ2n) is 22.8. The van der Waals surface area contributed by atoms with Crippen molar-refractivity contribution in [2.75, 3.05) is 57.3 Å². The van der Waals surface area contributed by atoms with E-state index in [1.54, 1.807) is 24.3 Å². The summed E-state index contributed by atoms with van der Waals surface area (Å²) in [5.41, 5.74) is 8.81. The van der Waals surface area contributed by atoms with Gasteiger partial charge in [0, 0.05) is 88.3 Å². The van der Waals surface area contributed by atoms with Crippen molar-refractivity contribution in [1.82, 2.24) is 41.3 Å². The van der Waals surface area contributed by atoms with Gasteiger partial charge >= 0.3 is 0 Å². The maximum atomic E-state index is 14.6. The number of aliphatic hydroxyl groups is 6. The summed E-state index contributed by atoms with van der Waals surface area (Å²) in [7, 11) is 0. The molecule has 3 aromatic rings. The van der Waals surface area contributed by atoms with Crippen molar-refractivity contribution in [2.45, 2.75) is 151 Å². The topological polar surface area (TPSA) is 380 Å². The smallest absolute Gasteiger partial charge is 0.251 e. The molecule has 1 aliphatic carbocycles. The molecule has 13 atom stereocenters. The van der Waals surface area contributed by atoms with Crippen molar-refractivity contribution in [2.24, 2.45) is 11.7 Å². The third-order valence-corrected chi connectivity index (χ3v) is 16.8. The van der Waals surface area contributed by atoms with Crippen LogP contribution in [0.3, 0.4) is 0 Å². The molecule has 0 unspecified atom stereocenters. The maximum Gasteiger partial charge on any atom is 0.251 e. The first-order valence-corrected chi connectivity index (χ1v) is 28.7. The highest BCUT2D eigenvalue weighted by Gasteiger charge is 2.50. The lowest BCUT2D eigenvalue weighted by Crippen LogP contribution is -2.64. The van der Waals surface area contributed by atoms with Crippen molar-refractivity contribution >= 4 is 84.3 Å². The number of aliphatic hydroxyl groups excluding tert-OH is 6. The molecule has 4 aliphatic heterocycles. The molecule has 476 valence electrons. The number of nitrogens with two attached hydrogens (primary N) is 1. The Bertz CT molecular complexity index is 2800. The summed E-state index contributed by atoms with van der Waals surface area (Å²) in [5.74, 6) is -9.33. The van der Waals surface area contributed by atoms with E-state index < -0.39 is 164 Å². The average Bonchev–Trinajstić information content (AvgIpc) is 3.22. The molecule has 15 N–H and O–H groups in total. The molecule has 0 bridgehead atoms. The number of amides is 7. The zero-order valence-electron chi connectivity index (χ0n) is 48.0. The van der Waals surface area contributed by atoms with Crippen molar-refractivity contribution in [1.29, 1.82) is 0 Å². The van der Waals surface area contributed by atoms with Gasteiger partial charge in [0.25, 0.3) is 5.91 Å². The van der Waals surface area contributed by atoms with Crippen LogP contribution in [0, 0.1) is 5.92 Å². The fourth-order valence-electron chi connectivity index (χ4n) is 12.0. The second kappa shape index (κ2) is 31.7. The molecule has 86 heavy (non-hydrogen) atoms. The lowest BCUT2D eigenvalue weighted by atomic mass is 9.94. The Balaban J connectivity index is 0.00000450. The van der Waals surface area contributed by atoms with E-state index in [-0.39, 0.29) is 67.9 Å². The van der Waals surface area contributed by atoms with Gasteiger partial charge in [-0.05, 0) is 85.8 Å². The van der Waals surface area contributed by atoms with Crippen LogP contribution in [0.1, 0.15) is 81.1 Å². The zero-order chi connectivity index (χ0) is 59.8. The molecule has 1 saturated carbocycles. The quantitative estimate of drug-likeness (QED) is 0.0946. The van der Waals surface area contributed by atoms with Crippen LogP contribution < -0.4 is 37.2 Å². The number of halogens is 3. The molecule has 5 fully saturated rings. The SMILES string of the molecule is C[C@H](O)[C@@H]1NC(=O)[C@@H](NC(=O)c2ccc(-c3ccc(N4CCN(C5CCCCC5)CC4)cc3)cc2)C[C@H](O)CNC(=O)[C@@H]2[C@@H](O)[C@H](C)CN2C(=O)[C@H]([C@H](O)CCN)NC(=O)[C@H]([C@H](O)Cc2ccc(O)c(O)c2)NC(=O)[C@@H]2C[C@H](O)CN2C1=O.Cl.Cl.Cl. The van der Waals surface area contributed by atoms with Crippen LogP contribution in [0.15, 0.2) is 66.7 Å². The highest BCUT2D eigenvalue weighted by molar-refractivity contribution is 6.00. The Morgan fingerprint density at radius 3 is 1.90 bits per heavy atom. The fraction of sp³-hybridized carbons (Fsp3) is 0.569. The molecule has 4 heterocycles. The lowest BCUT2D eigenvalue weighted by molar-refractivity contribution is -0.147. The van der Waals surface area contributed by atoms with Crippen molar-refractivity contribution in [3.8, 4) is 22.6 Å². The molecule has 5 aliphatic rings. The number of hydrogen-bond acceptors (Lipinski definition) is 18. The molecule has 0 radical (unpaired) electrons. The highest BCUT2D eigenvalue weighted by atomic mass is 35.5. The zero-order valence-corrected chi connectivity index (χ0v) is 50.4.